The highest BCUT2D eigenvalue weighted by atomic mass is 16.3. The highest BCUT2D eigenvalue weighted by Gasteiger charge is 2.43. The van der Waals surface area contributed by atoms with Gasteiger partial charge < -0.3 is 15.9 Å². The first-order chi connectivity index (χ1) is 13.2. The fraction of sp³-hybridized carbons (Fsp3) is 0.500. The van der Waals surface area contributed by atoms with E-state index in [4.69, 9.17) is 10.8 Å². The minimum Gasteiger partial charge on any atom is -0.508 e. The van der Waals surface area contributed by atoms with E-state index in [9.17, 15) is 5.11 Å². The van der Waals surface area contributed by atoms with Crippen molar-refractivity contribution in [2.24, 2.45) is 23.5 Å². The quantitative estimate of drug-likeness (QED) is 0.659. The molecule has 0 radical (unpaired) electrons. The van der Waals surface area contributed by atoms with E-state index in [2.05, 4.69) is 6.07 Å². The van der Waals surface area contributed by atoms with Gasteiger partial charge in [-0.15, -0.1) is 0 Å². The van der Waals surface area contributed by atoms with Gasteiger partial charge in [-0.25, -0.2) is 0 Å². The Kier molecular flexibility index (Phi) is 5.40. The maximum atomic E-state index is 9.63. The van der Waals surface area contributed by atoms with Gasteiger partial charge in [-0.05, 0) is 96.7 Å². The van der Waals surface area contributed by atoms with Crippen LogP contribution < -0.4 is 5.73 Å². The zero-order valence-electron chi connectivity index (χ0n) is 16.0. The number of phenols is 2. The molecule has 3 aliphatic carbocycles. The van der Waals surface area contributed by atoms with Crippen molar-refractivity contribution in [1.29, 1.82) is 0 Å². The Hall–Kier alpha value is -2.00. The van der Waals surface area contributed by atoms with Crippen molar-refractivity contribution in [2.45, 2.75) is 57.4 Å². The van der Waals surface area contributed by atoms with Crippen molar-refractivity contribution in [1.82, 2.24) is 0 Å². The van der Waals surface area contributed by atoms with Crippen LogP contribution in [0, 0.1) is 17.8 Å². The normalized spacial score (nSPS) is 28.3. The lowest BCUT2D eigenvalue weighted by molar-refractivity contribution is 0.136. The maximum absolute atomic E-state index is 9.63. The first kappa shape index (κ1) is 18.4. The Morgan fingerprint density at radius 3 is 2.48 bits per heavy atom. The van der Waals surface area contributed by atoms with E-state index in [-0.39, 0.29) is 5.75 Å². The van der Waals surface area contributed by atoms with Gasteiger partial charge in [-0.3, -0.25) is 0 Å². The molecular weight excluding hydrogens is 334 g/mol. The third-order valence-corrected chi connectivity index (χ3v) is 7.05. The van der Waals surface area contributed by atoms with Crippen LogP contribution in [0.25, 0.3) is 0 Å². The number of hydrogen-bond acceptors (Lipinski definition) is 3. The van der Waals surface area contributed by atoms with Crippen LogP contribution in [0.4, 0.5) is 0 Å². The number of aryl methyl sites for hydroxylation is 1. The van der Waals surface area contributed by atoms with Crippen molar-refractivity contribution in [3.05, 3.63) is 59.2 Å². The van der Waals surface area contributed by atoms with Gasteiger partial charge in [0.25, 0.3) is 0 Å². The Morgan fingerprint density at radius 1 is 0.852 bits per heavy atom. The number of hydrogen-bond donors (Lipinski definition) is 3. The van der Waals surface area contributed by atoms with Crippen molar-refractivity contribution < 1.29 is 10.2 Å². The van der Waals surface area contributed by atoms with E-state index in [1.165, 1.54) is 50.5 Å². The Balaban J connectivity index is 0.000000170. The zero-order valence-corrected chi connectivity index (χ0v) is 16.0. The second-order valence-electron chi connectivity index (χ2n) is 8.50. The second-order valence-corrected chi connectivity index (χ2v) is 8.50. The van der Waals surface area contributed by atoms with E-state index in [0.717, 1.165) is 29.2 Å². The van der Waals surface area contributed by atoms with E-state index in [1.807, 2.05) is 18.2 Å². The molecule has 4 N–H and O–H groups in total. The summed E-state index contributed by atoms with van der Waals surface area (Å²) < 4.78 is 0. The Bertz CT molecular complexity index is 788. The standard InChI is InChI=1S/C17H22O.C7H9NO/c18-13-6-9-15-12(10-13)5-8-16-14-3-1-2-11(14)4-7-17(15)16;8-5-6-2-1-3-7(9)4-6/h6,9-11,14,16-18H,1-5,7-8H2;1-4,9H,5,8H2. The number of fused-ring (bicyclic) bond motifs is 5. The van der Waals surface area contributed by atoms with Crippen molar-refractivity contribution in [2.75, 3.05) is 0 Å². The molecule has 3 heteroatoms. The summed E-state index contributed by atoms with van der Waals surface area (Å²) in [5.41, 5.74) is 9.25. The second kappa shape index (κ2) is 7.93. The minimum atomic E-state index is 0.276. The summed E-state index contributed by atoms with van der Waals surface area (Å²) in [6.45, 7) is 0.481. The first-order valence-electron chi connectivity index (χ1n) is 10.5. The summed E-state index contributed by atoms with van der Waals surface area (Å²) in [5, 5.41) is 18.5. The van der Waals surface area contributed by atoms with Gasteiger partial charge in [0.2, 0.25) is 0 Å². The molecule has 4 unspecified atom stereocenters. The molecule has 4 atom stereocenters. The SMILES string of the molecule is NCc1cccc(O)c1.Oc1ccc2c(c1)CCC1C2CCC2CCCC21. The van der Waals surface area contributed by atoms with Crippen LogP contribution in [0.1, 0.15) is 61.1 Å². The van der Waals surface area contributed by atoms with E-state index in [1.54, 1.807) is 23.8 Å². The predicted molar refractivity (Wildman–Crippen MR) is 109 cm³/mol. The lowest BCUT2D eigenvalue weighted by atomic mass is 9.61. The van der Waals surface area contributed by atoms with Gasteiger partial charge in [0.15, 0.2) is 0 Å². The molecule has 27 heavy (non-hydrogen) atoms. The Labute approximate surface area is 162 Å². The molecule has 3 aliphatic rings. The topological polar surface area (TPSA) is 66.5 Å². The summed E-state index contributed by atoms with van der Waals surface area (Å²) >= 11 is 0. The molecular formula is C24H31NO2. The third-order valence-electron chi connectivity index (χ3n) is 7.05. The number of nitrogens with two attached hydrogens (primary N) is 1. The van der Waals surface area contributed by atoms with Crippen molar-refractivity contribution in [3.63, 3.8) is 0 Å². The van der Waals surface area contributed by atoms with Gasteiger partial charge in [-0.2, -0.15) is 0 Å². The van der Waals surface area contributed by atoms with Crippen LogP contribution in [0.3, 0.4) is 0 Å². The molecule has 3 nitrogen and oxygen atoms in total. The highest BCUT2D eigenvalue weighted by Crippen LogP contribution is 2.55. The summed E-state index contributed by atoms with van der Waals surface area (Å²) in [7, 11) is 0. The van der Waals surface area contributed by atoms with Gasteiger partial charge in [-0.1, -0.05) is 31.0 Å². The maximum Gasteiger partial charge on any atom is 0.115 e. The van der Waals surface area contributed by atoms with Crippen LogP contribution in [0.5, 0.6) is 11.5 Å². The van der Waals surface area contributed by atoms with E-state index < -0.39 is 0 Å². The Morgan fingerprint density at radius 2 is 1.70 bits per heavy atom. The average molecular weight is 366 g/mol. The molecule has 2 aromatic rings. The lowest BCUT2D eigenvalue weighted by Crippen LogP contribution is -2.33. The smallest absolute Gasteiger partial charge is 0.115 e. The molecule has 2 saturated carbocycles. The molecule has 0 spiro atoms. The van der Waals surface area contributed by atoms with Crippen LogP contribution in [-0.4, -0.2) is 10.2 Å². The molecule has 0 amide bonds. The number of benzene rings is 2. The molecule has 2 fully saturated rings. The molecule has 2 aromatic carbocycles. The van der Waals surface area contributed by atoms with Crippen LogP contribution in [0.15, 0.2) is 42.5 Å². The van der Waals surface area contributed by atoms with Crippen molar-refractivity contribution in [3.8, 4) is 11.5 Å². The summed E-state index contributed by atoms with van der Waals surface area (Å²) in [6, 6.07) is 13.0. The summed E-state index contributed by atoms with van der Waals surface area (Å²) in [5.74, 6) is 4.53. The van der Waals surface area contributed by atoms with Gasteiger partial charge >= 0.3 is 0 Å². The van der Waals surface area contributed by atoms with Gasteiger partial charge in [0.1, 0.15) is 11.5 Å². The predicted octanol–water partition coefficient (Wildman–Crippen LogP) is 5.10. The first-order valence-corrected chi connectivity index (χ1v) is 10.5. The van der Waals surface area contributed by atoms with E-state index >= 15 is 0 Å². The molecule has 0 aliphatic heterocycles. The molecule has 0 saturated heterocycles. The highest BCUT2D eigenvalue weighted by molar-refractivity contribution is 5.39. The molecule has 0 heterocycles. The number of phenolic OH excluding ortho intramolecular Hbond substituents is 2. The lowest BCUT2D eigenvalue weighted by Gasteiger charge is -2.44. The monoisotopic (exact) mass is 365 g/mol. The van der Waals surface area contributed by atoms with Gasteiger partial charge in [0.05, 0.1) is 0 Å². The average Bonchev–Trinajstić information content (AvgIpc) is 3.17. The van der Waals surface area contributed by atoms with Crippen LogP contribution in [-0.2, 0) is 13.0 Å². The zero-order chi connectivity index (χ0) is 18.8. The molecule has 144 valence electrons. The fourth-order valence-electron chi connectivity index (χ4n) is 5.87. The van der Waals surface area contributed by atoms with Crippen LogP contribution >= 0.6 is 0 Å². The van der Waals surface area contributed by atoms with E-state index in [0.29, 0.717) is 12.3 Å². The van der Waals surface area contributed by atoms with Crippen molar-refractivity contribution >= 4 is 0 Å². The fourth-order valence-corrected chi connectivity index (χ4v) is 5.87. The molecule has 5 rings (SSSR count). The largest absolute Gasteiger partial charge is 0.508 e. The molecule has 0 bridgehead atoms. The molecule has 0 aromatic heterocycles. The van der Waals surface area contributed by atoms with Crippen LogP contribution in [0.2, 0.25) is 0 Å². The third kappa shape index (κ3) is 3.84. The summed E-state index contributed by atoms with van der Waals surface area (Å²) in [4.78, 5) is 0. The summed E-state index contributed by atoms with van der Waals surface area (Å²) in [6.07, 6.45) is 9.85. The minimum absolute atomic E-state index is 0.276. The number of aromatic hydroxyl groups is 2. The van der Waals surface area contributed by atoms with Gasteiger partial charge in [0, 0.05) is 6.54 Å². The number of rotatable bonds is 1.